The SMILES string of the molecule is COc1ccc(Nc2ccnc(SC)n2)c(N)c1.COc1ccc(Nc2ccnc(SC)n2)c([N+](=O)[O-])c1. The Labute approximate surface area is 228 Å². The number of nitrogen functional groups attached to an aromatic ring is 1. The first-order valence-corrected chi connectivity index (χ1v) is 13.4. The molecular weight excluding hydrogens is 528 g/mol. The third-order valence-electron chi connectivity index (χ3n) is 4.82. The second-order valence-electron chi connectivity index (χ2n) is 7.20. The number of benzene rings is 2. The topological polar surface area (TPSA) is 163 Å². The average Bonchev–Trinajstić information content (AvgIpc) is 2.94. The molecule has 0 spiro atoms. The Hall–Kier alpha value is -4.30. The highest BCUT2D eigenvalue weighted by Crippen LogP contribution is 2.31. The summed E-state index contributed by atoms with van der Waals surface area (Å²) >= 11 is 2.88. The minimum absolute atomic E-state index is 0.0753. The molecule has 0 aliphatic heterocycles. The number of ether oxygens (including phenoxy) is 2. The van der Waals surface area contributed by atoms with Gasteiger partial charge < -0.3 is 25.8 Å². The quantitative estimate of drug-likeness (QED) is 0.0793. The van der Waals surface area contributed by atoms with Crippen LogP contribution in [0.15, 0.2) is 71.2 Å². The number of nitrogens with two attached hydrogens (primary N) is 1. The number of aromatic nitrogens is 4. The summed E-state index contributed by atoms with van der Waals surface area (Å²) in [4.78, 5) is 27.3. The predicted molar refractivity (Wildman–Crippen MR) is 151 cm³/mol. The van der Waals surface area contributed by atoms with Crippen molar-refractivity contribution >= 4 is 57.9 Å². The molecule has 4 aromatic rings. The van der Waals surface area contributed by atoms with Crippen molar-refractivity contribution < 1.29 is 14.4 Å². The van der Waals surface area contributed by atoms with Gasteiger partial charge in [0.15, 0.2) is 10.3 Å². The van der Waals surface area contributed by atoms with Gasteiger partial charge in [-0.1, -0.05) is 23.5 Å². The fourth-order valence-electron chi connectivity index (χ4n) is 2.97. The van der Waals surface area contributed by atoms with E-state index in [1.54, 1.807) is 49.8 Å². The summed E-state index contributed by atoms with van der Waals surface area (Å²) in [7, 11) is 3.07. The molecule has 0 saturated carbocycles. The van der Waals surface area contributed by atoms with Gasteiger partial charge in [0.25, 0.3) is 5.69 Å². The van der Waals surface area contributed by atoms with Crippen molar-refractivity contribution in [2.75, 3.05) is 43.1 Å². The van der Waals surface area contributed by atoms with Gasteiger partial charge in [-0.3, -0.25) is 10.1 Å². The number of hydrogen-bond acceptors (Lipinski definition) is 13. The van der Waals surface area contributed by atoms with Gasteiger partial charge >= 0.3 is 0 Å². The molecule has 0 radical (unpaired) electrons. The van der Waals surface area contributed by atoms with Crippen molar-refractivity contribution in [2.24, 2.45) is 0 Å². The lowest BCUT2D eigenvalue weighted by atomic mass is 10.2. The first-order chi connectivity index (χ1) is 18.4. The molecule has 38 heavy (non-hydrogen) atoms. The molecular formula is C24H26N8O4S2. The van der Waals surface area contributed by atoms with E-state index < -0.39 is 4.92 Å². The highest BCUT2D eigenvalue weighted by Gasteiger charge is 2.16. The number of nitrogens with one attached hydrogen (secondary N) is 2. The van der Waals surface area contributed by atoms with E-state index in [0.717, 1.165) is 11.4 Å². The largest absolute Gasteiger partial charge is 0.497 e. The second kappa shape index (κ2) is 13.9. The van der Waals surface area contributed by atoms with Crippen molar-refractivity contribution in [3.05, 3.63) is 71.0 Å². The number of rotatable bonds is 9. The standard InChI is InChI=1S/C12H12N4O3S.C12H14N4OS/c1-19-8-3-4-9(10(7-8)16(17)18)14-11-5-6-13-12(15-11)20-2;1-17-8-3-4-10(9(13)7-8)15-11-5-6-14-12(16-11)18-2/h3-7H,1-2H3,(H,13,14,15);3-7H,13H2,1-2H3,(H,14,15,16). The Balaban J connectivity index is 0.000000212. The van der Waals surface area contributed by atoms with Gasteiger partial charge in [0, 0.05) is 18.5 Å². The van der Waals surface area contributed by atoms with Gasteiger partial charge in [-0.2, -0.15) is 0 Å². The van der Waals surface area contributed by atoms with Crippen LogP contribution in [0.25, 0.3) is 0 Å². The molecule has 2 aromatic carbocycles. The van der Waals surface area contributed by atoms with Gasteiger partial charge in [-0.25, -0.2) is 19.9 Å². The fraction of sp³-hybridized carbons (Fsp3) is 0.167. The van der Waals surface area contributed by atoms with Crippen LogP contribution in [0.1, 0.15) is 0 Å². The molecule has 4 rings (SSSR count). The molecule has 0 aliphatic carbocycles. The monoisotopic (exact) mass is 554 g/mol. The lowest BCUT2D eigenvalue weighted by Crippen LogP contribution is -2.00. The maximum atomic E-state index is 11.1. The van der Waals surface area contributed by atoms with Crippen molar-refractivity contribution in [1.29, 1.82) is 0 Å². The maximum absolute atomic E-state index is 11.1. The first-order valence-electron chi connectivity index (χ1n) is 10.9. The van der Waals surface area contributed by atoms with Crippen LogP contribution in [-0.2, 0) is 0 Å². The Kier molecular flexibility index (Phi) is 10.3. The Morgan fingerprint density at radius 2 is 1.32 bits per heavy atom. The summed E-state index contributed by atoms with van der Waals surface area (Å²) in [5.74, 6) is 2.36. The minimum Gasteiger partial charge on any atom is -0.497 e. The van der Waals surface area contributed by atoms with E-state index in [0.29, 0.717) is 39.1 Å². The van der Waals surface area contributed by atoms with Gasteiger partial charge in [-0.15, -0.1) is 0 Å². The van der Waals surface area contributed by atoms with E-state index in [4.69, 9.17) is 15.2 Å². The Bertz CT molecular complexity index is 1390. The third-order valence-corrected chi connectivity index (χ3v) is 5.94. The fourth-order valence-corrected chi connectivity index (χ4v) is 3.68. The number of thioether (sulfide) groups is 2. The van der Waals surface area contributed by atoms with Crippen molar-refractivity contribution in [1.82, 2.24) is 19.9 Å². The van der Waals surface area contributed by atoms with Gasteiger partial charge in [0.2, 0.25) is 0 Å². The summed E-state index contributed by atoms with van der Waals surface area (Å²) < 4.78 is 10.1. The van der Waals surface area contributed by atoms with Crippen LogP contribution in [0.2, 0.25) is 0 Å². The minimum atomic E-state index is -0.471. The summed E-state index contributed by atoms with van der Waals surface area (Å²) in [6.45, 7) is 0. The van der Waals surface area contributed by atoms with Gasteiger partial charge in [-0.05, 0) is 48.9 Å². The van der Waals surface area contributed by atoms with E-state index in [1.165, 1.54) is 36.7 Å². The summed E-state index contributed by atoms with van der Waals surface area (Å²) in [6.07, 6.45) is 7.09. The number of anilines is 5. The van der Waals surface area contributed by atoms with Crippen molar-refractivity contribution in [3.63, 3.8) is 0 Å². The van der Waals surface area contributed by atoms with Crippen LogP contribution in [0.5, 0.6) is 11.5 Å². The molecule has 0 atom stereocenters. The van der Waals surface area contributed by atoms with Crippen LogP contribution in [0.3, 0.4) is 0 Å². The highest BCUT2D eigenvalue weighted by molar-refractivity contribution is 7.98. The molecule has 2 heterocycles. The van der Waals surface area contributed by atoms with E-state index >= 15 is 0 Å². The lowest BCUT2D eigenvalue weighted by molar-refractivity contribution is -0.384. The molecule has 4 N–H and O–H groups in total. The Morgan fingerprint density at radius 3 is 1.79 bits per heavy atom. The van der Waals surface area contributed by atoms with E-state index in [1.807, 2.05) is 24.6 Å². The summed E-state index contributed by atoms with van der Waals surface area (Å²) in [6, 6.07) is 13.5. The zero-order valence-corrected chi connectivity index (χ0v) is 22.7. The van der Waals surface area contributed by atoms with Crippen LogP contribution < -0.4 is 25.8 Å². The number of nitro groups is 1. The number of nitro benzene ring substituents is 1. The van der Waals surface area contributed by atoms with Crippen molar-refractivity contribution in [3.8, 4) is 11.5 Å². The molecule has 0 amide bonds. The maximum Gasteiger partial charge on any atom is 0.296 e. The van der Waals surface area contributed by atoms with Crippen molar-refractivity contribution in [2.45, 2.75) is 10.3 Å². The van der Waals surface area contributed by atoms with Gasteiger partial charge in [0.1, 0.15) is 28.8 Å². The normalized spacial score (nSPS) is 10.1. The zero-order valence-electron chi connectivity index (χ0n) is 21.0. The zero-order chi connectivity index (χ0) is 27.5. The summed E-state index contributed by atoms with van der Waals surface area (Å²) in [5.41, 5.74) is 7.60. The van der Waals surface area contributed by atoms with Crippen LogP contribution in [-0.4, -0.2) is 51.6 Å². The molecule has 0 fully saturated rings. The highest BCUT2D eigenvalue weighted by atomic mass is 32.2. The second-order valence-corrected chi connectivity index (χ2v) is 8.75. The third kappa shape index (κ3) is 7.85. The average molecular weight is 555 g/mol. The molecule has 0 aliphatic rings. The van der Waals surface area contributed by atoms with Crippen LogP contribution in [0, 0.1) is 10.1 Å². The van der Waals surface area contributed by atoms with E-state index in [-0.39, 0.29) is 5.69 Å². The van der Waals surface area contributed by atoms with E-state index in [2.05, 4.69) is 30.6 Å². The molecule has 0 saturated heterocycles. The Morgan fingerprint density at radius 1 is 0.816 bits per heavy atom. The number of nitrogens with zero attached hydrogens (tertiary/aromatic N) is 5. The molecule has 12 nitrogen and oxygen atoms in total. The van der Waals surface area contributed by atoms with E-state index in [9.17, 15) is 10.1 Å². The molecule has 0 bridgehead atoms. The number of hydrogen-bond donors (Lipinski definition) is 3. The lowest BCUT2D eigenvalue weighted by Gasteiger charge is -2.10. The molecule has 2 aromatic heterocycles. The first kappa shape index (κ1) is 28.3. The molecule has 198 valence electrons. The van der Waals surface area contributed by atoms with Gasteiger partial charge in [0.05, 0.1) is 36.6 Å². The predicted octanol–water partition coefficient (Wildman–Crippen LogP) is 5.39. The molecule has 14 heteroatoms. The molecule has 0 unspecified atom stereocenters. The smallest absolute Gasteiger partial charge is 0.296 e. The van der Waals surface area contributed by atoms with Crippen LogP contribution in [0.4, 0.5) is 34.4 Å². The number of methoxy groups -OCH3 is 2. The van der Waals surface area contributed by atoms with Crippen LogP contribution >= 0.6 is 23.5 Å². The summed E-state index contributed by atoms with van der Waals surface area (Å²) in [5, 5.41) is 18.5.